The van der Waals surface area contributed by atoms with Gasteiger partial charge in [0.15, 0.2) is 11.4 Å². The molecule has 7 rings (SSSR count). The van der Waals surface area contributed by atoms with Crippen LogP contribution >= 0.6 is 0 Å². The standard InChI is InChI=1S/C35H37N5O3.C4H10O/c1-21-27(18-29(41)42)32(39-15-12-35(3,4)13-16-39)30(22(2)38-21)24-9-10-25-19-40(14-11-23(25)17-24)34-33-31(36-20-37-34)26-7-5-6-8-28(26)43-33;1-4(2,3)5/h5-10,17,20H,11-16,18-19H2,1-4H3,(H,41,42);5H,1-3H3. The van der Waals surface area contributed by atoms with Crippen LogP contribution in [0.3, 0.4) is 0 Å². The predicted octanol–water partition coefficient (Wildman–Crippen LogP) is 7.65. The average molecular weight is 650 g/mol. The first-order chi connectivity index (χ1) is 22.7. The second-order valence-corrected chi connectivity index (χ2v) is 15.0. The lowest BCUT2D eigenvalue weighted by molar-refractivity contribution is -0.136. The third-order valence-corrected chi connectivity index (χ3v) is 9.36. The molecule has 0 atom stereocenters. The highest BCUT2D eigenvalue weighted by molar-refractivity contribution is 6.05. The first kappa shape index (κ1) is 33.4. The van der Waals surface area contributed by atoms with Gasteiger partial charge in [-0.05, 0) is 88.1 Å². The molecule has 2 aliphatic heterocycles. The van der Waals surface area contributed by atoms with Gasteiger partial charge in [0.1, 0.15) is 17.4 Å². The van der Waals surface area contributed by atoms with Gasteiger partial charge in [-0.1, -0.05) is 44.2 Å². The maximum Gasteiger partial charge on any atom is 0.307 e. The quantitative estimate of drug-likeness (QED) is 0.198. The van der Waals surface area contributed by atoms with Crippen LogP contribution in [0.25, 0.3) is 33.2 Å². The average Bonchev–Trinajstić information content (AvgIpc) is 3.40. The highest BCUT2D eigenvalue weighted by Crippen LogP contribution is 2.42. The van der Waals surface area contributed by atoms with Crippen molar-refractivity contribution in [1.82, 2.24) is 15.0 Å². The largest absolute Gasteiger partial charge is 0.481 e. The minimum absolute atomic E-state index is 0.0313. The van der Waals surface area contributed by atoms with Gasteiger partial charge in [-0.25, -0.2) is 9.97 Å². The predicted molar refractivity (Wildman–Crippen MR) is 192 cm³/mol. The summed E-state index contributed by atoms with van der Waals surface area (Å²) >= 11 is 0. The molecule has 0 spiro atoms. The van der Waals surface area contributed by atoms with Crippen LogP contribution < -0.4 is 9.80 Å². The van der Waals surface area contributed by atoms with E-state index in [-0.39, 0.29) is 11.8 Å². The molecule has 2 aliphatic rings. The van der Waals surface area contributed by atoms with Crippen molar-refractivity contribution >= 4 is 39.5 Å². The number of carboxylic acids is 1. The fourth-order valence-electron chi connectivity index (χ4n) is 6.89. The molecule has 5 heterocycles. The molecule has 0 amide bonds. The Kier molecular flexibility index (Phi) is 8.94. The number of aliphatic carboxylic acids is 1. The molecule has 0 saturated carbocycles. The normalized spacial score (nSPS) is 16.1. The Balaban J connectivity index is 0.000000749. The van der Waals surface area contributed by atoms with Crippen molar-refractivity contribution in [3.8, 4) is 11.1 Å². The van der Waals surface area contributed by atoms with Gasteiger partial charge in [-0.3, -0.25) is 9.78 Å². The fraction of sp³-hybridized carbons (Fsp3) is 0.436. The maximum absolute atomic E-state index is 12.0. The van der Waals surface area contributed by atoms with Crippen molar-refractivity contribution in [3.05, 3.63) is 76.9 Å². The number of hydrogen-bond acceptors (Lipinski definition) is 8. The number of hydrogen-bond donors (Lipinski definition) is 2. The third-order valence-electron chi connectivity index (χ3n) is 9.36. The molecule has 252 valence electrons. The van der Waals surface area contributed by atoms with Gasteiger partial charge < -0.3 is 24.4 Å². The Morgan fingerprint density at radius 2 is 1.67 bits per heavy atom. The molecule has 48 heavy (non-hydrogen) atoms. The fourth-order valence-corrected chi connectivity index (χ4v) is 6.89. The zero-order valence-electron chi connectivity index (χ0n) is 29.2. The first-order valence-corrected chi connectivity index (χ1v) is 16.9. The van der Waals surface area contributed by atoms with Crippen LogP contribution in [0.5, 0.6) is 0 Å². The zero-order valence-corrected chi connectivity index (χ0v) is 29.2. The van der Waals surface area contributed by atoms with E-state index < -0.39 is 11.6 Å². The number of aromatic nitrogens is 3. The summed E-state index contributed by atoms with van der Waals surface area (Å²) in [7, 11) is 0. The summed E-state index contributed by atoms with van der Waals surface area (Å²) < 4.78 is 6.23. The molecule has 2 aromatic carbocycles. The van der Waals surface area contributed by atoms with Crippen LogP contribution in [-0.4, -0.2) is 56.4 Å². The van der Waals surface area contributed by atoms with Gasteiger partial charge >= 0.3 is 5.97 Å². The van der Waals surface area contributed by atoms with Crippen LogP contribution in [0.15, 0.2) is 53.2 Å². The van der Waals surface area contributed by atoms with E-state index in [9.17, 15) is 9.90 Å². The number of rotatable bonds is 5. The van der Waals surface area contributed by atoms with Gasteiger partial charge in [0.2, 0.25) is 0 Å². The Morgan fingerprint density at radius 1 is 0.958 bits per heavy atom. The molecule has 1 saturated heterocycles. The summed E-state index contributed by atoms with van der Waals surface area (Å²) in [5.41, 5.74) is 10.5. The van der Waals surface area contributed by atoms with E-state index in [2.05, 4.69) is 58.7 Å². The Bertz CT molecular complexity index is 1970. The minimum Gasteiger partial charge on any atom is -0.481 e. The Morgan fingerprint density at radius 3 is 2.38 bits per heavy atom. The van der Waals surface area contributed by atoms with E-state index in [4.69, 9.17) is 14.5 Å². The summed E-state index contributed by atoms with van der Waals surface area (Å²) in [5.74, 6) is -0.00441. The highest BCUT2D eigenvalue weighted by atomic mass is 16.4. The van der Waals surface area contributed by atoms with E-state index in [0.717, 1.165) is 107 Å². The summed E-state index contributed by atoms with van der Waals surface area (Å²) in [6.07, 6.45) is 4.60. The molecular weight excluding hydrogens is 602 g/mol. The Hall–Kier alpha value is -4.50. The van der Waals surface area contributed by atoms with Gasteiger partial charge in [-0.2, -0.15) is 0 Å². The second kappa shape index (κ2) is 12.8. The van der Waals surface area contributed by atoms with Gasteiger partial charge in [0.05, 0.1) is 17.7 Å². The van der Waals surface area contributed by atoms with E-state index in [0.29, 0.717) is 0 Å². The number of aryl methyl sites for hydroxylation is 2. The summed E-state index contributed by atoms with van der Waals surface area (Å²) in [6.45, 7) is 17.2. The number of carbonyl (C=O) groups is 1. The number of piperidine rings is 1. The topological polar surface area (TPSA) is 116 Å². The number of fused-ring (bicyclic) bond motifs is 4. The SMILES string of the molecule is CC(C)(C)O.Cc1nc(C)c(-c2ccc3c(c2)CCN(c2ncnc4c2oc2ccccc24)C3)c(N2CCC(C)(C)CC2)c1CC(=O)O. The summed E-state index contributed by atoms with van der Waals surface area (Å²) in [4.78, 5) is 30.7. The van der Waals surface area contributed by atoms with Gasteiger partial charge in [-0.15, -0.1) is 0 Å². The van der Waals surface area contributed by atoms with E-state index in [1.165, 1.54) is 11.1 Å². The van der Waals surface area contributed by atoms with Crippen LogP contribution in [0.2, 0.25) is 0 Å². The van der Waals surface area contributed by atoms with Gasteiger partial charge in [0.25, 0.3) is 0 Å². The number of benzene rings is 2. The highest BCUT2D eigenvalue weighted by Gasteiger charge is 2.31. The van der Waals surface area contributed by atoms with Crippen molar-refractivity contribution in [3.63, 3.8) is 0 Å². The van der Waals surface area contributed by atoms with Crippen molar-refractivity contribution in [2.45, 2.75) is 86.3 Å². The minimum atomic E-state index is -0.827. The molecule has 9 nitrogen and oxygen atoms in total. The summed E-state index contributed by atoms with van der Waals surface area (Å²) in [6, 6.07) is 14.7. The molecule has 5 aromatic rings. The second-order valence-electron chi connectivity index (χ2n) is 15.0. The molecule has 2 N–H and O–H groups in total. The first-order valence-electron chi connectivity index (χ1n) is 16.9. The van der Waals surface area contributed by atoms with Gasteiger partial charge in [0, 0.05) is 54.1 Å². The van der Waals surface area contributed by atoms with Crippen molar-refractivity contribution in [2.75, 3.05) is 29.4 Å². The number of furan rings is 1. The van der Waals surface area contributed by atoms with Crippen LogP contribution in [0.4, 0.5) is 11.5 Å². The molecule has 0 bridgehead atoms. The third kappa shape index (κ3) is 7.02. The van der Waals surface area contributed by atoms with Crippen LogP contribution in [0, 0.1) is 19.3 Å². The van der Waals surface area contributed by atoms with Crippen LogP contribution in [0.1, 0.15) is 75.5 Å². The van der Waals surface area contributed by atoms with E-state index in [1.54, 1.807) is 27.1 Å². The monoisotopic (exact) mass is 649 g/mol. The van der Waals surface area contributed by atoms with Crippen molar-refractivity contribution < 1.29 is 19.4 Å². The number of nitrogens with zero attached hydrogens (tertiary/aromatic N) is 5. The Labute approximate surface area is 282 Å². The lowest BCUT2D eigenvalue weighted by Gasteiger charge is -2.40. The molecule has 0 unspecified atom stereocenters. The van der Waals surface area contributed by atoms with Crippen molar-refractivity contribution in [1.29, 1.82) is 0 Å². The van der Waals surface area contributed by atoms with Crippen LogP contribution in [-0.2, 0) is 24.2 Å². The number of para-hydroxylation sites is 1. The maximum atomic E-state index is 12.0. The van der Waals surface area contributed by atoms with Crippen molar-refractivity contribution in [2.24, 2.45) is 5.41 Å². The summed E-state index contributed by atoms with van der Waals surface area (Å²) in [5, 5.41) is 19.4. The number of carboxylic acid groups (broad SMARTS) is 1. The molecule has 0 radical (unpaired) electrons. The number of pyridine rings is 1. The molecule has 3 aromatic heterocycles. The molecule has 1 fully saturated rings. The molecule has 0 aliphatic carbocycles. The number of anilines is 2. The molecule has 9 heteroatoms. The lowest BCUT2D eigenvalue weighted by Crippen LogP contribution is -2.38. The zero-order chi connectivity index (χ0) is 34.4. The van der Waals surface area contributed by atoms with E-state index >= 15 is 0 Å². The molecular formula is C39H47N5O4. The lowest BCUT2D eigenvalue weighted by atomic mass is 9.82. The number of aliphatic hydroxyl groups is 1. The van der Waals surface area contributed by atoms with E-state index in [1.807, 2.05) is 31.2 Å². The smallest absolute Gasteiger partial charge is 0.307 e.